The van der Waals surface area contributed by atoms with Crippen LogP contribution in [-0.2, 0) is 0 Å². The van der Waals surface area contributed by atoms with Crippen LogP contribution in [0.1, 0.15) is 51.4 Å². The third kappa shape index (κ3) is 3.18. The first-order chi connectivity index (χ1) is 7.40. The molecular formula is C13H26N2. The zero-order valence-corrected chi connectivity index (χ0v) is 9.96. The van der Waals surface area contributed by atoms with E-state index in [1.807, 2.05) is 0 Å². The van der Waals surface area contributed by atoms with Crippen molar-refractivity contribution in [2.45, 2.75) is 57.4 Å². The lowest BCUT2D eigenvalue weighted by Gasteiger charge is -2.30. The molecule has 2 N–H and O–H groups in total. The van der Waals surface area contributed by atoms with Crippen LogP contribution >= 0.6 is 0 Å². The molecule has 2 heteroatoms. The Hall–Kier alpha value is -0.0800. The molecule has 2 aliphatic carbocycles. The van der Waals surface area contributed by atoms with Gasteiger partial charge in [0.05, 0.1) is 0 Å². The predicted octanol–water partition coefficient (Wildman–Crippen LogP) is 2.38. The predicted molar refractivity (Wildman–Crippen MR) is 64.8 cm³/mol. The summed E-state index contributed by atoms with van der Waals surface area (Å²) in [6, 6.07) is 0.870. The topological polar surface area (TPSA) is 29.3 Å². The fraction of sp³-hybridized carbons (Fsp3) is 1.00. The minimum atomic E-state index is 0.837. The van der Waals surface area contributed by atoms with Gasteiger partial charge in [-0.15, -0.1) is 0 Å². The van der Waals surface area contributed by atoms with Gasteiger partial charge in [0.25, 0.3) is 0 Å². The SMILES string of the molecule is NCCN(CC1CCCC1)C1CCCC1. The summed E-state index contributed by atoms with van der Waals surface area (Å²) < 4.78 is 0. The Morgan fingerprint density at radius 1 is 0.933 bits per heavy atom. The van der Waals surface area contributed by atoms with Crippen molar-refractivity contribution in [2.75, 3.05) is 19.6 Å². The lowest BCUT2D eigenvalue weighted by Crippen LogP contribution is -2.40. The van der Waals surface area contributed by atoms with E-state index >= 15 is 0 Å². The molecule has 0 radical (unpaired) electrons. The molecule has 0 aromatic carbocycles. The Morgan fingerprint density at radius 2 is 1.53 bits per heavy atom. The Labute approximate surface area is 94.2 Å². The summed E-state index contributed by atoms with van der Waals surface area (Å²) in [6.07, 6.45) is 11.6. The highest BCUT2D eigenvalue weighted by Gasteiger charge is 2.25. The van der Waals surface area contributed by atoms with E-state index in [0.717, 1.165) is 25.0 Å². The van der Waals surface area contributed by atoms with Crippen molar-refractivity contribution in [1.29, 1.82) is 0 Å². The van der Waals surface area contributed by atoms with Gasteiger partial charge in [-0.25, -0.2) is 0 Å². The summed E-state index contributed by atoms with van der Waals surface area (Å²) in [6.45, 7) is 3.30. The van der Waals surface area contributed by atoms with Gasteiger partial charge < -0.3 is 5.73 Å². The summed E-state index contributed by atoms with van der Waals surface area (Å²) in [5, 5.41) is 0. The molecule has 2 fully saturated rings. The number of nitrogens with two attached hydrogens (primary N) is 1. The van der Waals surface area contributed by atoms with Crippen LogP contribution < -0.4 is 5.73 Å². The zero-order chi connectivity index (χ0) is 10.5. The fourth-order valence-corrected chi connectivity index (χ4v) is 3.38. The van der Waals surface area contributed by atoms with Gasteiger partial charge in [-0.3, -0.25) is 4.90 Å². The fourth-order valence-electron chi connectivity index (χ4n) is 3.38. The van der Waals surface area contributed by atoms with E-state index in [4.69, 9.17) is 5.73 Å². The largest absolute Gasteiger partial charge is 0.329 e. The summed E-state index contributed by atoms with van der Waals surface area (Å²) in [4.78, 5) is 2.70. The monoisotopic (exact) mass is 210 g/mol. The van der Waals surface area contributed by atoms with Gasteiger partial charge in [0.15, 0.2) is 0 Å². The van der Waals surface area contributed by atoms with E-state index in [-0.39, 0.29) is 0 Å². The van der Waals surface area contributed by atoms with Crippen molar-refractivity contribution >= 4 is 0 Å². The Kier molecular flexibility index (Phi) is 4.45. The van der Waals surface area contributed by atoms with Crippen molar-refractivity contribution in [1.82, 2.24) is 4.90 Å². The standard InChI is InChI=1S/C13H26N2/c14-9-10-15(13-7-3-4-8-13)11-12-5-1-2-6-12/h12-13H,1-11,14H2. The molecule has 0 bridgehead atoms. The molecule has 2 saturated carbocycles. The first kappa shape index (κ1) is 11.4. The molecule has 2 aliphatic rings. The summed E-state index contributed by atoms with van der Waals surface area (Å²) in [5.41, 5.74) is 5.73. The molecule has 0 aromatic rings. The number of hydrogen-bond donors (Lipinski definition) is 1. The van der Waals surface area contributed by atoms with Crippen molar-refractivity contribution in [3.63, 3.8) is 0 Å². The lowest BCUT2D eigenvalue weighted by molar-refractivity contribution is 0.173. The van der Waals surface area contributed by atoms with Gasteiger partial charge >= 0.3 is 0 Å². The Balaban J connectivity index is 1.81. The first-order valence-electron chi connectivity index (χ1n) is 6.84. The van der Waals surface area contributed by atoms with E-state index in [9.17, 15) is 0 Å². The zero-order valence-electron chi connectivity index (χ0n) is 9.96. The van der Waals surface area contributed by atoms with Crippen LogP contribution in [0.3, 0.4) is 0 Å². The van der Waals surface area contributed by atoms with Crippen molar-refractivity contribution in [2.24, 2.45) is 11.7 Å². The van der Waals surface area contributed by atoms with Crippen molar-refractivity contribution < 1.29 is 0 Å². The maximum Gasteiger partial charge on any atom is 0.0108 e. The molecule has 0 aromatic heterocycles. The van der Waals surface area contributed by atoms with Crippen LogP contribution in [0, 0.1) is 5.92 Å². The van der Waals surface area contributed by atoms with Crippen LogP contribution in [0.2, 0.25) is 0 Å². The van der Waals surface area contributed by atoms with Crippen LogP contribution in [0.5, 0.6) is 0 Å². The molecule has 0 atom stereocenters. The highest BCUT2D eigenvalue weighted by Crippen LogP contribution is 2.29. The molecule has 15 heavy (non-hydrogen) atoms. The molecule has 0 saturated heterocycles. The van der Waals surface area contributed by atoms with Crippen LogP contribution in [0.15, 0.2) is 0 Å². The Morgan fingerprint density at radius 3 is 2.13 bits per heavy atom. The molecule has 88 valence electrons. The van der Waals surface area contributed by atoms with Crippen LogP contribution in [-0.4, -0.2) is 30.6 Å². The Bertz CT molecular complexity index is 169. The van der Waals surface area contributed by atoms with Crippen LogP contribution in [0.25, 0.3) is 0 Å². The summed E-state index contributed by atoms with van der Waals surface area (Å²) >= 11 is 0. The van der Waals surface area contributed by atoms with E-state index in [0.29, 0.717) is 0 Å². The third-order valence-corrected chi connectivity index (χ3v) is 4.22. The minimum Gasteiger partial charge on any atom is -0.329 e. The maximum absolute atomic E-state index is 5.73. The normalized spacial score (nSPS) is 24.4. The number of rotatable bonds is 5. The molecule has 0 heterocycles. The molecular weight excluding hydrogens is 184 g/mol. The second kappa shape index (κ2) is 5.86. The van der Waals surface area contributed by atoms with Gasteiger partial charge in [0.2, 0.25) is 0 Å². The summed E-state index contributed by atoms with van der Waals surface area (Å²) in [5.74, 6) is 0.983. The molecule has 2 rings (SSSR count). The third-order valence-electron chi connectivity index (χ3n) is 4.22. The van der Waals surface area contributed by atoms with Crippen LogP contribution in [0.4, 0.5) is 0 Å². The average molecular weight is 210 g/mol. The van der Waals surface area contributed by atoms with Gasteiger partial charge in [0.1, 0.15) is 0 Å². The molecule has 0 amide bonds. The highest BCUT2D eigenvalue weighted by molar-refractivity contribution is 4.81. The number of nitrogens with zero attached hydrogens (tertiary/aromatic N) is 1. The maximum atomic E-state index is 5.73. The van der Waals surface area contributed by atoms with Gasteiger partial charge in [-0.1, -0.05) is 25.7 Å². The van der Waals surface area contributed by atoms with E-state index < -0.39 is 0 Å². The van der Waals surface area contributed by atoms with E-state index in [1.165, 1.54) is 57.9 Å². The van der Waals surface area contributed by atoms with Crippen molar-refractivity contribution in [3.05, 3.63) is 0 Å². The van der Waals surface area contributed by atoms with Crippen molar-refractivity contribution in [3.8, 4) is 0 Å². The highest BCUT2D eigenvalue weighted by atomic mass is 15.2. The molecule has 0 unspecified atom stereocenters. The minimum absolute atomic E-state index is 0.837. The molecule has 2 nitrogen and oxygen atoms in total. The number of hydrogen-bond acceptors (Lipinski definition) is 2. The molecule has 0 aliphatic heterocycles. The second-order valence-electron chi connectivity index (χ2n) is 5.37. The van der Waals surface area contributed by atoms with Gasteiger partial charge in [0, 0.05) is 25.7 Å². The molecule has 0 spiro atoms. The lowest BCUT2D eigenvalue weighted by atomic mass is 10.1. The second-order valence-corrected chi connectivity index (χ2v) is 5.37. The van der Waals surface area contributed by atoms with E-state index in [1.54, 1.807) is 0 Å². The smallest absolute Gasteiger partial charge is 0.0108 e. The van der Waals surface area contributed by atoms with Gasteiger partial charge in [-0.05, 0) is 31.6 Å². The summed E-state index contributed by atoms with van der Waals surface area (Å²) in [7, 11) is 0. The first-order valence-corrected chi connectivity index (χ1v) is 6.84. The van der Waals surface area contributed by atoms with E-state index in [2.05, 4.69) is 4.90 Å². The average Bonchev–Trinajstić information content (AvgIpc) is 2.89. The van der Waals surface area contributed by atoms with Gasteiger partial charge in [-0.2, -0.15) is 0 Å². The quantitative estimate of drug-likeness (QED) is 0.755.